The van der Waals surface area contributed by atoms with Crippen LogP contribution in [0.25, 0.3) is 0 Å². The van der Waals surface area contributed by atoms with Gasteiger partial charge in [0.05, 0.1) is 12.8 Å². The summed E-state index contributed by atoms with van der Waals surface area (Å²) in [5, 5.41) is 3.25. The summed E-state index contributed by atoms with van der Waals surface area (Å²) in [7, 11) is 0. The van der Waals surface area contributed by atoms with Crippen LogP contribution < -0.4 is 10.1 Å². The maximum atomic E-state index is 13.9. The van der Waals surface area contributed by atoms with Crippen molar-refractivity contribution in [1.82, 2.24) is 20.2 Å². The van der Waals surface area contributed by atoms with Gasteiger partial charge >= 0.3 is 0 Å². The fourth-order valence-electron chi connectivity index (χ4n) is 4.93. The maximum Gasteiger partial charge on any atom is 0.275 e. The van der Waals surface area contributed by atoms with Crippen LogP contribution in [0.5, 0.6) is 5.75 Å². The molecule has 1 aliphatic rings. The minimum absolute atomic E-state index is 0.122. The Kier molecular flexibility index (Phi) is 9.24. The van der Waals surface area contributed by atoms with Gasteiger partial charge in [0.15, 0.2) is 0 Å². The Morgan fingerprint density at radius 2 is 1.86 bits per heavy atom. The van der Waals surface area contributed by atoms with Crippen molar-refractivity contribution in [2.45, 2.75) is 64.5 Å². The summed E-state index contributed by atoms with van der Waals surface area (Å²) in [6.45, 7) is 4.89. The molecule has 2 aromatic carbocycles. The first-order valence-corrected chi connectivity index (χ1v) is 13.2. The van der Waals surface area contributed by atoms with Gasteiger partial charge in [0.2, 0.25) is 5.91 Å². The van der Waals surface area contributed by atoms with Crippen LogP contribution in [0.15, 0.2) is 67.1 Å². The number of ether oxygens (including phenoxy) is 1. The highest BCUT2D eigenvalue weighted by atomic mass is 16.5. The zero-order valence-corrected chi connectivity index (χ0v) is 21.7. The van der Waals surface area contributed by atoms with Crippen molar-refractivity contribution in [2.75, 3.05) is 13.2 Å². The van der Waals surface area contributed by atoms with Gasteiger partial charge in [-0.3, -0.25) is 14.6 Å². The molecule has 0 radical (unpaired) electrons. The molecule has 1 fully saturated rings. The first kappa shape index (κ1) is 26.3. The second kappa shape index (κ2) is 13.0. The van der Waals surface area contributed by atoms with E-state index in [0.29, 0.717) is 19.6 Å². The van der Waals surface area contributed by atoms with Gasteiger partial charge < -0.3 is 15.0 Å². The topological polar surface area (TPSA) is 84.4 Å². The Bertz CT molecular complexity index is 1160. The SMILES string of the molecule is CCOc1ccc([C@H](C(=O)NC2CCCCC2)N(CCc2cccc(C)c2)C(=O)c2cnccn2)cc1. The second-order valence-electron chi connectivity index (χ2n) is 9.58. The standard InChI is InChI=1S/C30H36N4O3/c1-3-37-26-14-12-24(13-15-26)28(29(35)33-25-10-5-4-6-11-25)34(30(36)27-21-31-17-18-32-27)19-16-23-9-7-8-22(2)20-23/h7-9,12-15,17-18,20-21,25,28H,3-6,10-11,16,19H2,1-2H3,(H,33,35)/t28-/m1/s1. The Morgan fingerprint density at radius 1 is 1.08 bits per heavy atom. The van der Waals surface area contributed by atoms with Crippen molar-refractivity contribution in [2.24, 2.45) is 0 Å². The van der Waals surface area contributed by atoms with Crippen molar-refractivity contribution in [3.8, 4) is 5.75 Å². The Balaban J connectivity index is 1.69. The van der Waals surface area contributed by atoms with Crippen LogP contribution in [0.2, 0.25) is 0 Å². The Morgan fingerprint density at radius 3 is 2.54 bits per heavy atom. The molecule has 1 saturated carbocycles. The lowest BCUT2D eigenvalue weighted by Crippen LogP contribution is -2.47. The zero-order chi connectivity index (χ0) is 26.0. The van der Waals surface area contributed by atoms with Crippen LogP contribution in [-0.4, -0.2) is 45.9 Å². The molecular weight excluding hydrogens is 464 g/mol. The molecular formula is C30H36N4O3. The van der Waals surface area contributed by atoms with Crippen molar-refractivity contribution in [1.29, 1.82) is 0 Å². The molecule has 1 aliphatic carbocycles. The summed E-state index contributed by atoms with van der Waals surface area (Å²) in [5.41, 5.74) is 3.21. The molecule has 0 saturated heterocycles. The van der Waals surface area contributed by atoms with Crippen molar-refractivity contribution in [3.05, 3.63) is 89.5 Å². The lowest BCUT2D eigenvalue weighted by Gasteiger charge is -2.33. The molecule has 0 aliphatic heterocycles. The smallest absolute Gasteiger partial charge is 0.275 e. The largest absolute Gasteiger partial charge is 0.494 e. The third kappa shape index (κ3) is 7.15. The van der Waals surface area contributed by atoms with Gasteiger partial charge in [-0.25, -0.2) is 4.98 Å². The number of aromatic nitrogens is 2. The number of carbonyl (C=O) groups is 2. The summed E-state index contributed by atoms with van der Waals surface area (Å²) >= 11 is 0. The van der Waals surface area contributed by atoms with Gasteiger partial charge in [0, 0.05) is 25.0 Å². The molecule has 7 nitrogen and oxygen atoms in total. The van der Waals surface area contributed by atoms with Crippen LogP contribution in [0, 0.1) is 6.92 Å². The van der Waals surface area contributed by atoms with Gasteiger partial charge in [-0.1, -0.05) is 61.2 Å². The van der Waals surface area contributed by atoms with E-state index in [1.165, 1.54) is 25.0 Å². The van der Waals surface area contributed by atoms with Crippen LogP contribution in [0.4, 0.5) is 0 Å². The average molecular weight is 501 g/mol. The summed E-state index contributed by atoms with van der Waals surface area (Å²) in [4.78, 5) is 37.7. The Hall–Kier alpha value is -3.74. The molecule has 3 aromatic rings. The molecule has 4 rings (SSSR count). The highest BCUT2D eigenvalue weighted by Gasteiger charge is 2.34. The fourth-order valence-corrected chi connectivity index (χ4v) is 4.93. The number of rotatable bonds is 10. The predicted molar refractivity (Wildman–Crippen MR) is 143 cm³/mol. The van der Waals surface area contributed by atoms with E-state index in [0.717, 1.165) is 48.1 Å². The molecule has 0 bridgehead atoms. The van der Waals surface area contributed by atoms with E-state index < -0.39 is 6.04 Å². The van der Waals surface area contributed by atoms with Gasteiger partial charge in [0.25, 0.3) is 5.91 Å². The van der Waals surface area contributed by atoms with E-state index in [-0.39, 0.29) is 23.6 Å². The predicted octanol–water partition coefficient (Wildman–Crippen LogP) is 5.06. The molecule has 1 atom stereocenters. The maximum absolute atomic E-state index is 13.9. The number of carbonyl (C=O) groups excluding carboxylic acids is 2. The number of nitrogens with one attached hydrogen (secondary N) is 1. The first-order chi connectivity index (χ1) is 18.0. The summed E-state index contributed by atoms with van der Waals surface area (Å²) < 4.78 is 5.62. The minimum Gasteiger partial charge on any atom is -0.494 e. The first-order valence-electron chi connectivity index (χ1n) is 13.2. The van der Waals surface area contributed by atoms with Gasteiger partial charge in [-0.2, -0.15) is 0 Å². The number of hydrogen-bond acceptors (Lipinski definition) is 5. The van der Waals surface area contributed by atoms with Crippen LogP contribution in [0.1, 0.15) is 72.2 Å². The average Bonchev–Trinajstić information content (AvgIpc) is 2.92. The van der Waals surface area contributed by atoms with Gasteiger partial charge in [0.1, 0.15) is 17.5 Å². The Labute approximate surface area is 219 Å². The lowest BCUT2D eigenvalue weighted by atomic mass is 9.94. The van der Waals surface area contributed by atoms with Crippen LogP contribution >= 0.6 is 0 Å². The monoisotopic (exact) mass is 500 g/mol. The third-order valence-corrected chi connectivity index (χ3v) is 6.79. The fraction of sp³-hybridized carbons (Fsp3) is 0.400. The normalized spacial score (nSPS) is 14.5. The molecule has 0 spiro atoms. The molecule has 1 aromatic heterocycles. The number of hydrogen-bond donors (Lipinski definition) is 1. The highest BCUT2D eigenvalue weighted by molar-refractivity contribution is 5.96. The highest BCUT2D eigenvalue weighted by Crippen LogP contribution is 2.27. The van der Waals surface area contributed by atoms with Gasteiger partial charge in [-0.15, -0.1) is 0 Å². The van der Waals surface area contributed by atoms with Crippen molar-refractivity contribution >= 4 is 11.8 Å². The van der Waals surface area contributed by atoms with E-state index in [4.69, 9.17) is 4.74 Å². The van der Waals surface area contributed by atoms with E-state index >= 15 is 0 Å². The van der Waals surface area contributed by atoms with Crippen LogP contribution in [-0.2, 0) is 11.2 Å². The molecule has 37 heavy (non-hydrogen) atoms. The molecule has 2 amide bonds. The second-order valence-corrected chi connectivity index (χ2v) is 9.58. The van der Waals surface area contributed by atoms with E-state index in [2.05, 4.69) is 21.4 Å². The molecule has 1 heterocycles. The van der Waals surface area contributed by atoms with Crippen molar-refractivity contribution in [3.63, 3.8) is 0 Å². The third-order valence-electron chi connectivity index (χ3n) is 6.79. The minimum atomic E-state index is -0.808. The summed E-state index contributed by atoms with van der Waals surface area (Å²) in [6, 6.07) is 15.0. The number of nitrogens with zero attached hydrogens (tertiary/aromatic N) is 3. The van der Waals surface area contributed by atoms with E-state index in [9.17, 15) is 9.59 Å². The number of benzene rings is 2. The molecule has 1 N–H and O–H groups in total. The summed E-state index contributed by atoms with van der Waals surface area (Å²) in [6.07, 6.45) is 10.4. The van der Waals surface area contributed by atoms with Gasteiger partial charge in [-0.05, 0) is 56.4 Å². The zero-order valence-electron chi connectivity index (χ0n) is 21.7. The van der Waals surface area contributed by atoms with Crippen molar-refractivity contribution < 1.29 is 14.3 Å². The molecule has 0 unspecified atom stereocenters. The van der Waals surface area contributed by atoms with E-state index in [1.54, 1.807) is 4.90 Å². The quantitative estimate of drug-likeness (QED) is 0.421. The molecule has 7 heteroatoms. The molecule has 194 valence electrons. The van der Waals surface area contributed by atoms with Crippen LogP contribution in [0.3, 0.4) is 0 Å². The number of aryl methyl sites for hydroxylation is 1. The lowest BCUT2D eigenvalue weighted by molar-refractivity contribution is -0.126. The number of amides is 2. The summed E-state index contributed by atoms with van der Waals surface area (Å²) in [5.74, 6) is 0.236. The van der Waals surface area contributed by atoms with E-state index in [1.807, 2.05) is 56.3 Å².